The van der Waals surface area contributed by atoms with E-state index in [1.165, 1.54) is 24.3 Å². The van der Waals surface area contributed by atoms with Crippen molar-refractivity contribution in [3.63, 3.8) is 0 Å². The van der Waals surface area contributed by atoms with E-state index in [1.54, 1.807) is 42.5 Å². The average Bonchev–Trinajstić information content (AvgIpc) is 3.45. The summed E-state index contributed by atoms with van der Waals surface area (Å²) < 4.78 is 14.7. The number of benzene rings is 4. The Morgan fingerprint density at radius 3 is 2.34 bits per heavy atom. The van der Waals surface area contributed by atoms with E-state index in [-0.39, 0.29) is 17.3 Å². The summed E-state index contributed by atoms with van der Waals surface area (Å²) in [4.78, 5) is 45.5. The molecule has 4 aromatic rings. The summed E-state index contributed by atoms with van der Waals surface area (Å²) in [5.41, 5.74) is 1.91. The zero-order valence-corrected chi connectivity index (χ0v) is 23.7. The predicted octanol–water partition coefficient (Wildman–Crippen LogP) is 7.10. The molecule has 1 fully saturated rings. The van der Waals surface area contributed by atoms with Crippen molar-refractivity contribution in [2.24, 2.45) is 5.92 Å². The molecule has 0 bridgehead atoms. The quantitative estimate of drug-likeness (QED) is 0.245. The summed E-state index contributed by atoms with van der Waals surface area (Å²) in [5.74, 6) is -2.69. The van der Waals surface area contributed by atoms with Crippen LogP contribution < -0.4 is 10.2 Å². The summed E-state index contributed by atoms with van der Waals surface area (Å²) in [6.45, 7) is 0. The van der Waals surface area contributed by atoms with Gasteiger partial charge in [0.15, 0.2) is 11.6 Å². The molecule has 41 heavy (non-hydrogen) atoms. The highest BCUT2D eigenvalue weighted by Gasteiger charge is 2.70. The SMILES string of the molecule is O=C(c1ccc(Br)cc1)[C@@H]1[C@H](C(=O)c2ccc(F)cc2)[C@@]2(C(=O)Nc3ccccc32)[C@@H]2C=Cc3cc(Cl)ccc3N12. The number of halogens is 3. The van der Waals surface area contributed by atoms with Crippen LogP contribution in [0.5, 0.6) is 0 Å². The fraction of sp³-hybridized carbons (Fsp3) is 0.121. The van der Waals surface area contributed by atoms with Crippen molar-refractivity contribution < 1.29 is 18.8 Å². The number of para-hydroxylation sites is 1. The third kappa shape index (κ3) is 3.76. The van der Waals surface area contributed by atoms with Gasteiger partial charge in [-0.25, -0.2) is 4.39 Å². The van der Waals surface area contributed by atoms with Crippen LogP contribution in [0.1, 0.15) is 31.8 Å². The molecule has 3 aliphatic heterocycles. The Bertz CT molecular complexity index is 1790. The number of amides is 1. The molecule has 1 spiro atoms. The van der Waals surface area contributed by atoms with E-state index in [2.05, 4.69) is 21.2 Å². The number of anilines is 2. The second kappa shape index (κ2) is 9.50. The standard InChI is InChI=1S/C33H21BrClFN2O3/c34-21-10-5-19(6-11-21)31(40)29-28(30(39)18-7-13-23(36)14-8-18)33(24-3-1-2-4-25(24)37-32(33)41)27-16-9-20-17-22(35)12-15-26(20)38(27)29/h1-17,27-29H,(H,37,41)/t27-,28+,29-,33-/m0/s1. The van der Waals surface area contributed by atoms with Crippen molar-refractivity contribution in [3.8, 4) is 0 Å². The van der Waals surface area contributed by atoms with E-state index >= 15 is 0 Å². The second-order valence-corrected chi connectivity index (χ2v) is 11.8. The van der Waals surface area contributed by atoms with E-state index in [9.17, 15) is 18.8 Å². The molecule has 3 heterocycles. The van der Waals surface area contributed by atoms with Crippen LogP contribution in [0.25, 0.3) is 6.08 Å². The van der Waals surface area contributed by atoms with Crippen LogP contribution in [0.2, 0.25) is 5.02 Å². The van der Waals surface area contributed by atoms with Crippen LogP contribution in [0.4, 0.5) is 15.8 Å². The van der Waals surface area contributed by atoms with Crippen molar-refractivity contribution in [2.45, 2.75) is 17.5 Å². The Balaban J connectivity index is 1.53. The summed E-state index contributed by atoms with van der Waals surface area (Å²) in [6, 6.07) is 23.1. The number of nitrogens with zero attached hydrogens (tertiary/aromatic N) is 1. The van der Waals surface area contributed by atoms with Gasteiger partial charge in [-0.2, -0.15) is 0 Å². The molecule has 7 rings (SSSR count). The highest BCUT2D eigenvalue weighted by Crippen LogP contribution is 2.58. The zero-order valence-electron chi connectivity index (χ0n) is 21.4. The molecule has 8 heteroatoms. The number of Topliss-reactive ketones (excluding diaryl/α,β-unsaturated/α-hetero) is 2. The molecule has 0 aromatic heterocycles. The zero-order chi connectivity index (χ0) is 28.5. The first-order valence-electron chi connectivity index (χ1n) is 13.1. The molecule has 0 unspecified atom stereocenters. The molecule has 0 aliphatic carbocycles. The Morgan fingerprint density at radius 1 is 0.902 bits per heavy atom. The molecule has 1 saturated heterocycles. The largest absolute Gasteiger partial charge is 0.352 e. The maximum Gasteiger partial charge on any atom is 0.238 e. The molecular formula is C33H21BrClFN2O3. The van der Waals surface area contributed by atoms with Crippen LogP contribution in [0.3, 0.4) is 0 Å². The van der Waals surface area contributed by atoms with Crippen LogP contribution >= 0.6 is 27.5 Å². The van der Waals surface area contributed by atoms with Gasteiger partial charge in [0.1, 0.15) is 17.3 Å². The van der Waals surface area contributed by atoms with Crippen LogP contribution in [-0.4, -0.2) is 29.6 Å². The normalized spacial score (nSPS) is 23.6. The molecular weight excluding hydrogens is 607 g/mol. The van der Waals surface area contributed by atoms with Gasteiger partial charge in [-0.1, -0.05) is 70.0 Å². The Kier molecular flexibility index (Phi) is 5.99. The number of nitrogens with one attached hydrogen (secondary N) is 1. The first kappa shape index (κ1) is 25.9. The van der Waals surface area contributed by atoms with Crippen molar-refractivity contribution in [1.29, 1.82) is 0 Å². The lowest BCUT2D eigenvalue weighted by Crippen LogP contribution is -2.51. The minimum absolute atomic E-state index is 0.224. The number of hydrogen-bond acceptors (Lipinski definition) is 4. The number of ketones is 2. The van der Waals surface area contributed by atoms with Gasteiger partial charge in [0.2, 0.25) is 5.91 Å². The van der Waals surface area contributed by atoms with Gasteiger partial charge in [0, 0.05) is 32.0 Å². The van der Waals surface area contributed by atoms with Gasteiger partial charge in [-0.15, -0.1) is 0 Å². The van der Waals surface area contributed by atoms with Gasteiger partial charge in [-0.3, -0.25) is 14.4 Å². The average molecular weight is 628 g/mol. The lowest BCUT2D eigenvalue weighted by molar-refractivity contribution is -0.121. The van der Waals surface area contributed by atoms with Crippen molar-refractivity contribution >= 4 is 62.5 Å². The number of hydrogen-bond donors (Lipinski definition) is 1. The molecule has 4 atom stereocenters. The minimum atomic E-state index is -1.44. The molecule has 3 aliphatic rings. The van der Waals surface area contributed by atoms with E-state index in [0.29, 0.717) is 27.5 Å². The maximum absolute atomic E-state index is 14.7. The molecule has 4 aromatic carbocycles. The molecule has 0 radical (unpaired) electrons. The predicted molar refractivity (Wildman–Crippen MR) is 160 cm³/mol. The topological polar surface area (TPSA) is 66.5 Å². The first-order valence-corrected chi connectivity index (χ1v) is 14.2. The number of fused-ring (bicyclic) bond motifs is 6. The molecule has 202 valence electrons. The van der Waals surface area contributed by atoms with Gasteiger partial charge in [-0.05, 0) is 71.8 Å². The van der Waals surface area contributed by atoms with Crippen molar-refractivity contribution in [3.05, 3.63) is 135 Å². The van der Waals surface area contributed by atoms with Gasteiger partial charge >= 0.3 is 0 Å². The lowest BCUT2D eigenvalue weighted by atomic mass is 9.64. The van der Waals surface area contributed by atoms with E-state index in [4.69, 9.17) is 11.6 Å². The summed E-state index contributed by atoms with van der Waals surface area (Å²) in [6.07, 6.45) is 3.78. The number of carbonyl (C=O) groups is 3. The number of rotatable bonds is 4. The van der Waals surface area contributed by atoms with Gasteiger partial charge < -0.3 is 10.2 Å². The van der Waals surface area contributed by atoms with E-state index < -0.39 is 35.0 Å². The summed E-state index contributed by atoms with van der Waals surface area (Å²) in [7, 11) is 0. The third-order valence-corrected chi connectivity index (χ3v) is 9.17. The molecule has 0 saturated carbocycles. The van der Waals surface area contributed by atoms with Crippen molar-refractivity contribution in [2.75, 3.05) is 10.2 Å². The van der Waals surface area contributed by atoms with Crippen LogP contribution in [-0.2, 0) is 10.2 Å². The van der Waals surface area contributed by atoms with Crippen molar-refractivity contribution in [1.82, 2.24) is 0 Å². The second-order valence-electron chi connectivity index (χ2n) is 10.4. The molecule has 5 nitrogen and oxygen atoms in total. The van der Waals surface area contributed by atoms with Crippen LogP contribution in [0.15, 0.2) is 102 Å². The fourth-order valence-electron chi connectivity index (χ4n) is 6.73. The van der Waals surface area contributed by atoms with Crippen LogP contribution in [0, 0.1) is 11.7 Å². The summed E-state index contributed by atoms with van der Waals surface area (Å²) >= 11 is 9.77. The minimum Gasteiger partial charge on any atom is -0.352 e. The van der Waals surface area contributed by atoms with E-state index in [1.807, 2.05) is 41.3 Å². The Labute approximate surface area is 248 Å². The summed E-state index contributed by atoms with van der Waals surface area (Å²) in [5, 5.41) is 3.53. The fourth-order valence-corrected chi connectivity index (χ4v) is 7.17. The van der Waals surface area contributed by atoms with Gasteiger partial charge in [0.25, 0.3) is 0 Å². The highest BCUT2D eigenvalue weighted by atomic mass is 79.9. The Hall–Kier alpha value is -4.07. The third-order valence-electron chi connectivity index (χ3n) is 8.40. The first-order chi connectivity index (χ1) is 19.8. The highest BCUT2D eigenvalue weighted by molar-refractivity contribution is 9.10. The van der Waals surface area contributed by atoms with Gasteiger partial charge in [0.05, 0.1) is 12.0 Å². The molecule has 1 amide bonds. The molecule has 1 N–H and O–H groups in total. The number of carbonyl (C=O) groups excluding carboxylic acids is 3. The lowest BCUT2D eigenvalue weighted by Gasteiger charge is -2.37. The smallest absolute Gasteiger partial charge is 0.238 e. The monoisotopic (exact) mass is 626 g/mol. The maximum atomic E-state index is 14.7. The van der Waals surface area contributed by atoms with E-state index in [0.717, 1.165) is 10.0 Å². The Morgan fingerprint density at radius 2 is 1.59 bits per heavy atom.